The highest BCUT2D eigenvalue weighted by atomic mass is 16.5. The molecule has 6 heteroatoms. The van der Waals surface area contributed by atoms with Gasteiger partial charge in [-0.3, -0.25) is 4.79 Å². The maximum Gasteiger partial charge on any atom is 0.232 e. The molecule has 1 aliphatic rings. The van der Waals surface area contributed by atoms with Gasteiger partial charge in [-0.2, -0.15) is 0 Å². The van der Waals surface area contributed by atoms with Crippen molar-refractivity contribution in [2.45, 2.75) is 0 Å². The Balaban J connectivity index is 1.58. The van der Waals surface area contributed by atoms with Gasteiger partial charge in [-0.25, -0.2) is 0 Å². The Labute approximate surface area is 160 Å². The van der Waals surface area contributed by atoms with E-state index in [4.69, 9.17) is 14.2 Å². The van der Waals surface area contributed by atoms with Gasteiger partial charge in [-0.1, -0.05) is 12.1 Å². The first-order chi connectivity index (χ1) is 13.5. The van der Waals surface area contributed by atoms with E-state index in [-0.39, 0.29) is 28.6 Å². The number of phenols is 2. The van der Waals surface area contributed by atoms with E-state index in [1.54, 1.807) is 61.7 Å². The first kappa shape index (κ1) is 17.5. The molecule has 4 rings (SSSR count). The number of hydrogen-bond donors (Lipinski definition) is 2. The average molecular weight is 376 g/mol. The lowest BCUT2D eigenvalue weighted by Crippen LogP contribution is -1.98. The smallest absolute Gasteiger partial charge is 0.232 e. The predicted molar refractivity (Wildman–Crippen MR) is 102 cm³/mol. The fraction of sp³-hybridized carbons (Fsp3) is 0.0455. The Kier molecular flexibility index (Phi) is 4.37. The van der Waals surface area contributed by atoms with E-state index in [2.05, 4.69) is 0 Å². The summed E-state index contributed by atoms with van der Waals surface area (Å²) in [5.41, 5.74) is 0.887. The molecule has 0 fully saturated rings. The summed E-state index contributed by atoms with van der Waals surface area (Å²) in [4.78, 5) is 12.5. The summed E-state index contributed by atoms with van der Waals surface area (Å²) in [7, 11) is 1.60. The molecule has 0 unspecified atom stereocenters. The number of carbonyl (C=O) groups is 1. The summed E-state index contributed by atoms with van der Waals surface area (Å²) in [6.07, 6.45) is 1.56. The predicted octanol–water partition coefficient (Wildman–Crippen LogP) is 4.51. The lowest BCUT2D eigenvalue weighted by Gasteiger charge is -2.07. The maximum absolute atomic E-state index is 12.5. The van der Waals surface area contributed by atoms with Gasteiger partial charge < -0.3 is 24.4 Å². The van der Waals surface area contributed by atoms with Gasteiger partial charge in [0.15, 0.2) is 17.3 Å². The van der Waals surface area contributed by atoms with Gasteiger partial charge in [0.25, 0.3) is 0 Å². The van der Waals surface area contributed by atoms with Gasteiger partial charge >= 0.3 is 0 Å². The molecule has 2 N–H and O–H groups in total. The monoisotopic (exact) mass is 376 g/mol. The molecule has 3 aromatic carbocycles. The number of fused-ring (bicyclic) bond motifs is 1. The highest BCUT2D eigenvalue weighted by Crippen LogP contribution is 2.44. The van der Waals surface area contributed by atoms with Crippen molar-refractivity contribution < 1.29 is 29.2 Å². The van der Waals surface area contributed by atoms with Crippen LogP contribution in [0.3, 0.4) is 0 Å². The summed E-state index contributed by atoms with van der Waals surface area (Å²) in [5, 5.41) is 19.5. The van der Waals surface area contributed by atoms with Crippen LogP contribution in [0.4, 0.5) is 0 Å². The topological polar surface area (TPSA) is 85.2 Å². The number of phenolic OH excluding ortho intramolecular Hbond substituents is 2. The zero-order valence-electron chi connectivity index (χ0n) is 14.9. The van der Waals surface area contributed by atoms with E-state index in [1.165, 1.54) is 12.1 Å². The van der Waals surface area contributed by atoms with Gasteiger partial charge in [-0.15, -0.1) is 0 Å². The summed E-state index contributed by atoms with van der Waals surface area (Å²) >= 11 is 0. The molecule has 140 valence electrons. The molecule has 0 atom stereocenters. The van der Waals surface area contributed by atoms with Crippen molar-refractivity contribution in [3.63, 3.8) is 0 Å². The summed E-state index contributed by atoms with van der Waals surface area (Å²) in [6, 6.07) is 17.0. The third kappa shape index (κ3) is 3.23. The van der Waals surface area contributed by atoms with E-state index in [9.17, 15) is 15.0 Å². The van der Waals surface area contributed by atoms with Crippen LogP contribution in [-0.4, -0.2) is 23.1 Å². The lowest BCUT2D eigenvalue weighted by atomic mass is 10.1. The molecule has 0 spiro atoms. The van der Waals surface area contributed by atoms with E-state index < -0.39 is 5.75 Å². The van der Waals surface area contributed by atoms with Crippen LogP contribution in [0.1, 0.15) is 15.9 Å². The van der Waals surface area contributed by atoms with Gasteiger partial charge in [0.05, 0.1) is 12.7 Å². The minimum atomic E-state index is -0.453. The first-order valence-electron chi connectivity index (χ1n) is 8.46. The van der Waals surface area contributed by atoms with Crippen LogP contribution in [0.2, 0.25) is 0 Å². The number of rotatable bonds is 4. The van der Waals surface area contributed by atoms with Crippen LogP contribution in [0.15, 0.2) is 66.4 Å². The number of allylic oxidation sites excluding steroid dienone is 1. The van der Waals surface area contributed by atoms with Crippen molar-refractivity contribution in [3.8, 4) is 34.5 Å². The van der Waals surface area contributed by atoms with Crippen LogP contribution < -0.4 is 14.2 Å². The zero-order valence-corrected chi connectivity index (χ0v) is 14.9. The molecule has 1 aliphatic heterocycles. The van der Waals surface area contributed by atoms with Crippen molar-refractivity contribution in [2.24, 2.45) is 0 Å². The Hall–Kier alpha value is -3.93. The minimum Gasteiger partial charge on any atom is -0.504 e. The van der Waals surface area contributed by atoms with E-state index in [0.717, 1.165) is 5.75 Å². The SMILES string of the molecule is COc1ccc(Oc2cccc(/C=C3/Oc4c(ccc(O)c4O)C3=O)c2)cc1. The van der Waals surface area contributed by atoms with Crippen LogP contribution >= 0.6 is 0 Å². The Morgan fingerprint density at radius 3 is 2.43 bits per heavy atom. The molecule has 1 heterocycles. The summed E-state index contributed by atoms with van der Waals surface area (Å²) < 4.78 is 16.4. The summed E-state index contributed by atoms with van der Waals surface area (Å²) in [5.74, 6) is 0.811. The van der Waals surface area contributed by atoms with Gasteiger partial charge in [0, 0.05) is 0 Å². The Morgan fingerprint density at radius 1 is 0.929 bits per heavy atom. The number of Topliss-reactive ketones (excluding diaryl/α,β-unsaturated/α-hetero) is 1. The standard InChI is InChI=1S/C22H16O6/c1-26-14-5-7-15(8-6-14)27-16-4-2-3-13(11-16)12-19-20(24)17-9-10-18(23)21(25)22(17)28-19/h2-12,23,25H,1H3/b19-12+. The second kappa shape index (κ2) is 7.00. The molecule has 0 bridgehead atoms. The Morgan fingerprint density at radius 2 is 1.68 bits per heavy atom. The molecule has 6 nitrogen and oxygen atoms in total. The number of aromatic hydroxyl groups is 2. The minimum absolute atomic E-state index is 0.0399. The van der Waals surface area contributed by atoms with Crippen LogP contribution in [-0.2, 0) is 0 Å². The molecule has 0 aliphatic carbocycles. The number of ether oxygens (including phenoxy) is 3. The number of benzene rings is 3. The second-order valence-corrected chi connectivity index (χ2v) is 6.10. The molecular formula is C22H16O6. The van der Waals surface area contributed by atoms with Crippen molar-refractivity contribution in [1.82, 2.24) is 0 Å². The zero-order chi connectivity index (χ0) is 19.7. The molecule has 0 aromatic heterocycles. The number of ketones is 1. The van der Waals surface area contributed by atoms with Gasteiger partial charge in [0.1, 0.15) is 17.2 Å². The highest BCUT2D eigenvalue weighted by molar-refractivity contribution is 6.15. The van der Waals surface area contributed by atoms with E-state index in [0.29, 0.717) is 17.1 Å². The number of methoxy groups -OCH3 is 1. The average Bonchev–Trinajstić information content (AvgIpc) is 3.02. The number of hydrogen-bond acceptors (Lipinski definition) is 6. The van der Waals surface area contributed by atoms with Gasteiger partial charge in [-0.05, 0) is 60.2 Å². The Bertz CT molecular complexity index is 1080. The molecule has 0 radical (unpaired) electrons. The van der Waals surface area contributed by atoms with Crippen LogP contribution in [0, 0.1) is 0 Å². The lowest BCUT2D eigenvalue weighted by molar-refractivity contribution is 0.101. The third-order valence-electron chi connectivity index (χ3n) is 4.24. The summed E-state index contributed by atoms with van der Waals surface area (Å²) in [6.45, 7) is 0. The van der Waals surface area contributed by atoms with Crippen molar-refractivity contribution in [2.75, 3.05) is 7.11 Å². The first-order valence-corrected chi connectivity index (χ1v) is 8.46. The highest BCUT2D eigenvalue weighted by Gasteiger charge is 2.31. The van der Waals surface area contributed by atoms with Crippen molar-refractivity contribution >= 4 is 11.9 Å². The van der Waals surface area contributed by atoms with Crippen molar-refractivity contribution in [1.29, 1.82) is 0 Å². The molecule has 0 amide bonds. The van der Waals surface area contributed by atoms with E-state index >= 15 is 0 Å². The number of carbonyl (C=O) groups excluding carboxylic acids is 1. The third-order valence-corrected chi connectivity index (χ3v) is 4.24. The molecule has 0 saturated carbocycles. The molecule has 0 saturated heterocycles. The molecule has 28 heavy (non-hydrogen) atoms. The fourth-order valence-electron chi connectivity index (χ4n) is 2.83. The quantitative estimate of drug-likeness (QED) is 0.515. The fourth-order valence-corrected chi connectivity index (χ4v) is 2.83. The largest absolute Gasteiger partial charge is 0.504 e. The normalized spacial score (nSPS) is 13.9. The van der Waals surface area contributed by atoms with E-state index in [1.807, 2.05) is 0 Å². The van der Waals surface area contributed by atoms with Crippen LogP contribution in [0.5, 0.6) is 34.5 Å². The maximum atomic E-state index is 12.5. The van der Waals surface area contributed by atoms with Crippen molar-refractivity contribution in [3.05, 3.63) is 77.5 Å². The molecule has 3 aromatic rings. The van der Waals surface area contributed by atoms with Crippen LogP contribution in [0.25, 0.3) is 6.08 Å². The van der Waals surface area contributed by atoms with Gasteiger partial charge in [0.2, 0.25) is 11.5 Å². The second-order valence-electron chi connectivity index (χ2n) is 6.10. The molecular weight excluding hydrogens is 360 g/mol.